The number of hydrogen-bond acceptors (Lipinski definition) is 3. The zero-order valence-corrected chi connectivity index (χ0v) is 18.0. The van der Waals surface area contributed by atoms with Crippen LogP contribution in [-0.4, -0.2) is 36.3 Å². The Morgan fingerprint density at radius 1 is 0.931 bits per heavy atom. The van der Waals surface area contributed by atoms with Crippen LogP contribution in [0.3, 0.4) is 0 Å². The van der Waals surface area contributed by atoms with Gasteiger partial charge in [0.1, 0.15) is 0 Å². The van der Waals surface area contributed by atoms with Gasteiger partial charge in [-0.1, -0.05) is 39.0 Å². The molecule has 2 N–H and O–H groups in total. The van der Waals surface area contributed by atoms with Gasteiger partial charge < -0.3 is 15.5 Å². The van der Waals surface area contributed by atoms with Gasteiger partial charge in [-0.2, -0.15) is 0 Å². The minimum absolute atomic E-state index is 0.0416. The first kappa shape index (κ1) is 22.5. The molecule has 2 aromatic rings. The molecule has 2 rings (SSSR count). The number of nitrogens with zero attached hydrogens (tertiary/aromatic N) is 1. The smallest absolute Gasteiger partial charge is 0.253 e. The molecule has 0 spiro atoms. The van der Waals surface area contributed by atoms with Gasteiger partial charge in [0, 0.05) is 30.0 Å². The molecule has 0 saturated heterocycles. The van der Waals surface area contributed by atoms with Gasteiger partial charge in [-0.25, -0.2) is 0 Å². The summed E-state index contributed by atoms with van der Waals surface area (Å²) in [6, 6.07) is 13.3. The van der Waals surface area contributed by atoms with Crippen LogP contribution in [0.2, 0.25) is 0 Å². The molecular weight excluding hydrogens is 362 g/mol. The molecule has 5 nitrogen and oxygen atoms in total. The molecule has 156 valence electrons. The monoisotopic (exact) mass is 395 g/mol. The Kier molecular flexibility index (Phi) is 8.71. The molecule has 0 unspecified atom stereocenters. The van der Waals surface area contributed by atoms with E-state index in [1.165, 1.54) is 5.56 Å². The van der Waals surface area contributed by atoms with Crippen molar-refractivity contribution in [3.8, 4) is 0 Å². The van der Waals surface area contributed by atoms with E-state index in [0.717, 1.165) is 43.6 Å². The lowest BCUT2D eigenvalue weighted by Crippen LogP contribution is -2.32. The van der Waals surface area contributed by atoms with E-state index in [2.05, 4.69) is 37.5 Å². The van der Waals surface area contributed by atoms with Crippen molar-refractivity contribution in [2.75, 3.05) is 30.3 Å². The average Bonchev–Trinajstić information content (AvgIpc) is 2.72. The first-order valence-corrected chi connectivity index (χ1v) is 10.5. The highest BCUT2D eigenvalue weighted by atomic mass is 16.2. The topological polar surface area (TPSA) is 61.4 Å². The summed E-state index contributed by atoms with van der Waals surface area (Å²) >= 11 is 0. The van der Waals surface area contributed by atoms with E-state index in [-0.39, 0.29) is 18.4 Å². The number of carbonyl (C=O) groups excluding carboxylic acids is 2. The van der Waals surface area contributed by atoms with Gasteiger partial charge in [0.25, 0.3) is 5.91 Å². The molecule has 0 aliphatic rings. The van der Waals surface area contributed by atoms with Gasteiger partial charge in [0.15, 0.2) is 0 Å². The first-order chi connectivity index (χ1) is 14.0. The average molecular weight is 396 g/mol. The molecule has 2 aromatic carbocycles. The fourth-order valence-corrected chi connectivity index (χ4v) is 3.38. The summed E-state index contributed by atoms with van der Waals surface area (Å²) in [5.74, 6) is -0.0760. The molecule has 0 radical (unpaired) electrons. The number of amides is 2. The third-order valence-electron chi connectivity index (χ3n) is 4.86. The molecule has 5 heteroatoms. The van der Waals surface area contributed by atoms with Crippen LogP contribution in [0.5, 0.6) is 0 Å². The van der Waals surface area contributed by atoms with Gasteiger partial charge >= 0.3 is 0 Å². The zero-order valence-electron chi connectivity index (χ0n) is 18.0. The van der Waals surface area contributed by atoms with Crippen LogP contribution in [0.25, 0.3) is 0 Å². The van der Waals surface area contributed by atoms with Crippen molar-refractivity contribution in [1.82, 2.24) is 4.90 Å². The third-order valence-corrected chi connectivity index (χ3v) is 4.86. The molecule has 0 atom stereocenters. The van der Waals surface area contributed by atoms with Crippen molar-refractivity contribution in [1.29, 1.82) is 0 Å². The number of hydrogen-bond donors (Lipinski definition) is 2. The fraction of sp³-hybridized carbons (Fsp3) is 0.417. The van der Waals surface area contributed by atoms with Crippen LogP contribution in [0, 0.1) is 6.92 Å². The van der Waals surface area contributed by atoms with Crippen LogP contribution in [0.1, 0.15) is 55.1 Å². The van der Waals surface area contributed by atoms with Gasteiger partial charge in [-0.3, -0.25) is 9.59 Å². The summed E-state index contributed by atoms with van der Waals surface area (Å²) in [7, 11) is 0. The number of aryl methyl sites for hydroxylation is 2. The van der Waals surface area contributed by atoms with E-state index >= 15 is 0 Å². The van der Waals surface area contributed by atoms with Crippen molar-refractivity contribution in [3.63, 3.8) is 0 Å². The summed E-state index contributed by atoms with van der Waals surface area (Å²) in [6.07, 6.45) is 2.79. The molecule has 0 aliphatic carbocycles. The standard InChI is InChI=1S/C24H33N3O2/c1-5-15-27(16-6-2)24(29)20-11-13-21(14-12-20)26-22(28)17-25-23-18(4)9-8-10-19(23)7-3/h8-14,25H,5-7,15-17H2,1-4H3,(H,26,28). The normalized spacial score (nSPS) is 10.5. The van der Waals surface area contributed by atoms with E-state index in [1.807, 2.05) is 24.0 Å². The number of anilines is 2. The number of para-hydroxylation sites is 1. The highest BCUT2D eigenvalue weighted by Crippen LogP contribution is 2.21. The van der Waals surface area contributed by atoms with E-state index < -0.39 is 0 Å². The van der Waals surface area contributed by atoms with Gasteiger partial charge in [-0.05, 0) is 61.6 Å². The summed E-state index contributed by atoms with van der Waals surface area (Å²) in [6.45, 7) is 10.00. The second-order valence-corrected chi connectivity index (χ2v) is 7.23. The second kappa shape index (κ2) is 11.2. The second-order valence-electron chi connectivity index (χ2n) is 7.23. The van der Waals surface area contributed by atoms with E-state index in [1.54, 1.807) is 24.3 Å². The van der Waals surface area contributed by atoms with Crippen molar-refractivity contribution < 1.29 is 9.59 Å². The molecular formula is C24H33N3O2. The Labute approximate surface area is 174 Å². The van der Waals surface area contributed by atoms with Crippen LogP contribution in [0.15, 0.2) is 42.5 Å². The van der Waals surface area contributed by atoms with E-state index in [4.69, 9.17) is 0 Å². The van der Waals surface area contributed by atoms with Crippen LogP contribution in [-0.2, 0) is 11.2 Å². The highest BCUT2D eigenvalue weighted by molar-refractivity contribution is 5.96. The minimum Gasteiger partial charge on any atom is -0.376 e. The van der Waals surface area contributed by atoms with Crippen LogP contribution >= 0.6 is 0 Å². The van der Waals surface area contributed by atoms with Crippen molar-refractivity contribution in [2.24, 2.45) is 0 Å². The largest absolute Gasteiger partial charge is 0.376 e. The van der Waals surface area contributed by atoms with E-state index in [0.29, 0.717) is 11.3 Å². The molecule has 0 saturated carbocycles. The molecule has 0 bridgehead atoms. The Bertz CT molecular complexity index is 809. The lowest BCUT2D eigenvalue weighted by atomic mass is 10.1. The molecule has 0 heterocycles. The lowest BCUT2D eigenvalue weighted by molar-refractivity contribution is -0.114. The van der Waals surface area contributed by atoms with Gasteiger partial charge in [0.05, 0.1) is 6.54 Å². The number of benzene rings is 2. The predicted octanol–water partition coefficient (Wildman–Crippen LogP) is 4.87. The third kappa shape index (κ3) is 6.34. The summed E-state index contributed by atoms with van der Waals surface area (Å²) in [5.41, 5.74) is 4.69. The van der Waals surface area contributed by atoms with Crippen LogP contribution < -0.4 is 10.6 Å². The summed E-state index contributed by atoms with van der Waals surface area (Å²) in [5, 5.41) is 6.14. The number of nitrogens with one attached hydrogen (secondary N) is 2. The molecule has 0 fully saturated rings. The zero-order chi connectivity index (χ0) is 21.2. The molecule has 2 amide bonds. The van der Waals surface area contributed by atoms with Gasteiger partial charge in [0.2, 0.25) is 5.91 Å². The Morgan fingerprint density at radius 3 is 2.17 bits per heavy atom. The molecule has 0 aliphatic heterocycles. The maximum atomic E-state index is 12.6. The molecule has 29 heavy (non-hydrogen) atoms. The Morgan fingerprint density at radius 2 is 1.59 bits per heavy atom. The Balaban J connectivity index is 1.95. The minimum atomic E-state index is -0.118. The number of carbonyl (C=O) groups is 2. The predicted molar refractivity (Wildman–Crippen MR) is 121 cm³/mol. The van der Waals surface area contributed by atoms with Crippen molar-refractivity contribution in [2.45, 2.75) is 47.0 Å². The SMILES string of the molecule is CCCN(CCC)C(=O)c1ccc(NC(=O)CNc2c(C)cccc2CC)cc1. The van der Waals surface area contributed by atoms with Crippen molar-refractivity contribution in [3.05, 3.63) is 59.2 Å². The Hall–Kier alpha value is -2.82. The summed E-state index contributed by atoms with van der Waals surface area (Å²) in [4.78, 5) is 26.9. The lowest BCUT2D eigenvalue weighted by Gasteiger charge is -2.21. The summed E-state index contributed by atoms with van der Waals surface area (Å²) < 4.78 is 0. The van der Waals surface area contributed by atoms with Crippen molar-refractivity contribution >= 4 is 23.2 Å². The van der Waals surface area contributed by atoms with Crippen LogP contribution in [0.4, 0.5) is 11.4 Å². The van der Waals surface area contributed by atoms with Gasteiger partial charge in [-0.15, -0.1) is 0 Å². The highest BCUT2D eigenvalue weighted by Gasteiger charge is 2.14. The first-order valence-electron chi connectivity index (χ1n) is 10.5. The van der Waals surface area contributed by atoms with E-state index in [9.17, 15) is 9.59 Å². The maximum absolute atomic E-state index is 12.6. The maximum Gasteiger partial charge on any atom is 0.253 e. The fourth-order valence-electron chi connectivity index (χ4n) is 3.38. The molecule has 0 aromatic heterocycles. The quantitative estimate of drug-likeness (QED) is 0.603. The number of rotatable bonds is 10.